The minimum absolute atomic E-state index is 0.0248. The minimum atomic E-state index is -4.00. The predicted octanol–water partition coefficient (Wildman–Crippen LogP) is 1.65. The highest BCUT2D eigenvalue weighted by Gasteiger charge is 2.20. The van der Waals surface area contributed by atoms with Gasteiger partial charge in [0.15, 0.2) is 11.5 Å². The molecule has 0 aliphatic rings. The van der Waals surface area contributed by atoms with Gasteiger partial charge in [0, 0.05) is 23.2 Å². The van der Waals surface area contributed by atoms with Crippen LogP contribution in [0.3, 0.4) is 0 Å². The monoisotopic (exact) mass is 308 g/mol. The van der Waals surface area contributed by atoms with Crippen LogP contribution in [0.4, 0.5) is 0 Å². The molecule has 0 aliphatic heterocycles. The standard InChI is InChI=1S/C11H13ClO6S/c1-17-8-5-7(3-4-11(13)14)10(19(12,15)16)6-9(8)18-2/h5-6H,3-4H2,1-2H3,(H,13,14). The molecule has 0 bridgehead atoms. The predicted molar refractivity (Wildman–Crippen MR) is 68.5 cm³/mol. The van der Waals surface area contributed by atoms with Gasteiger partial charge < -0.3 is 14.6 Å². The lowest BCUT2D eigenvalue weighted by atomic mass is 10.1. The highest BCUT2D eigenvalue weighted by Crippen LogP contribution is 2.34. The smallest absolute Gasteiger partial charge is 0.303 e. The molecule has 6 nitrogen and oxygen atoms in total. The summed E-state index contributed by atoms with van der Waals surface area (Å²) in [6.45, 7) is 0. The molecule has 0 fully saturated rings. The Hall–Kier alpha value is -1.47. The van der Waals surface area contributed by atoms with Crippen LogP contribution in [0.15, 0.2) is 17.0 Å². The number of hydrogen-bond donors (Lipinski definition) is 1. The van der Waals surface area contributed by atoms with Gasteiger partial charge in [-0.1, -0.05) is 0 Å². The second kappa shape index (κ2) is 6.12. The number of carbonyl (C=O) groups is 1. The molecule has 0 atom stereocenters. The van der Waals surface area contributed by atoms with Crippen molar-refractivity contribution in [2.24, 2.45) is 0 Å². The third kappa shape index (κ3) is 4.00. The van der Waals surface area contributed by atoms with E-state index >= 15 is 0 Å². The van der Waals surface area contributed by atoms with Crippen molar-refractivity contribution in [1.29, 1.82) is 0 Å². The first-order valence-corrected chi connectivity index (χ1v) is 7.52. The van der Waals surface area contributed by atoms with Crippen molar-refractivity contribution in [3.05, 3.63) is 17.7 Å². The minimum Gasteiger partial charge on any atom is -0.493 e. The van der Waals surface area contributed by atoms with Gasteiger partial charge in [0.1, 0.15) is 0 Å². The molecule has 0 aliphatic carbocycles. The van der Waals surface area contributed by atoms with Crippen molar-refractivity contribution in [3.63, 3.8) is 0 Å². The Kier molecular flexibility index (Phi) is 5.02. The number of hydrogen-bond acceptors (Lipinski definition) is 5. The van der Waals surface area contributed by atoms with E-state index in [-0.39, 0.29) is 29.1 Å². The number of aliphatic carboxylic acids is 1. The quantitative estimate of drug-likeness (QED) is 0.804. The summed E-state index contributed by atoms with van der Waals surface area (Å²) in [7, 11) is 4.09. The summed E-state index contributed by atoms with van der Waals surface area (Å²) in [6.07, 6.45) is -0.189. The topological polar surface area (TPSA) is 89.9 Å². The lowest BCUT2D eigenvalue weighted by Gasteiger charge is -2.12. The number of aryl methyl sites for hydroxylation is 1. The van der Waals surface area contributed by atoms with E-state index < -0.39 is 15.0 Å². The molecule has 0 heterocycles. The molecular formula is C11H13ClO6S. The number of methoxy groups -OCH3 is 2. The fraction of sp³-hybridized carbons (Fsp3) is 0.364. The number of rotatable bonds is 6. The summed E-state index contributed by atoms with van der Waals surface area (Å²) >= 11 is 0. The zero-order valence-electron chi connectivity index (χ0n) is 10.3. The van der Waals surface area contributed by atoms with E-state index in [0.29, 0.717) is 5.75 Å². The van der Waals surface area contributed by atoms with Crippen LogP contribution in [0.2, 0.25) is 0 Å². The van der Waals surface area contributed by atoms with Gasteiger partial charge in [-0.25, -0.2) is 8.42 Å². The number of ether oxygens (including phenoxy) is 2. The molecule has 0 spiro atoms. The SMILES string of the molecule is COc1cc(CCC(=O)O)c(S(=O)(=O)Cl)cc1OC. The first-order valence-electron chi connectivity index (χ1n) is 5.21. The fourth-order valence-corrected chi connectivity index (χ4v) is 2.72. The number of carboxylic acids is 1. The van der Waals surface area contributed by atoms with Crippen LogP contribution >= 0.6 is 10.7 Å². The Morgan fingerprint density at radius 3 is 2.21 bits per heavy atom. The van der Waals surface area contributed by atoms with E-state index in [1.54, 1.807) is 0 Å². The molecule has 0 saturated heterocycles. The molecule has 0 unspecified atom stereocenters. The molecular weight excluding hydrogens is 296 g/mol. The normalized spacial score (nSPS) is 11.1. The summed E-state index contributed by atoms with van der Waals surface area (Å²) in [4.78, 5) is 10.4. The Morgan fingerprint density at radius 2 is 1.79 bits per heavy atom. The number of benzene rings is 1. The number of halogens is 1. The van der Waals surface area contributed by atoms with Crippen molar-refractivity contribution in [3.8, 4) is 11.5 Å². The van der Waals surface area contributed by atoms with Crippen LogP contribution < -0.4 is 9.47 Å². The number of carboxylic acid groups (broad SMARTS) is 1. The van der Waals surface area contributed by atoms with E-state index in [1.807, 2.05) is 0 Å². The fourth-order valence-electron chi connectivity index (χ4n) is 1.57. The molecule has 0 radical (unpaired) electrons. The summed E-state index contributed by atoms with van der Waals surface area (Å²) in [5.74, 6) is -0.513. The van der Waals surface area contributed by atoms with E-state index in [4.69, 9.17) is 25.3 Å². The van der Waals surface area contributed by atoms with Crippen LogP contribution in [-0.2, 0) is 20.3 Å². The van der Waals surface area contributed by atoms with Gasteiger partial charge in [0.05, 0.1) is 19.1 Å². The van der Waals surface area contributed by atoms with E-state index in [1.165, 1.54) is 26.4 Å². The maximum atomic E-state index is 11.5. The third-order valence-corrected chi connectivity index (χ3v) is 3.84. The molecule has 0 aromatic heterocycles. The van der Waals surface area contributed by atoms with E-state index in [9.17, 15) is 13.2 Å². The van der Waals surface area contributed by atoms with Gasteiger partial charge >= 0.3 is 5.97 Å². The van der Waals surface area contributed by atoms with Crippen molar-refractivity contribution in [2.75, 3.05) is 14.2 Å². The van der Waals surface area contributed by atoms with Crippen LogP contribution in [0, 0.1) is 0 Å². The van der Waals surface area contributed by atoms with Crippen LogP contribution in [0.1, 0.15) is 12.0 Å². The average Bonchev–Trinajstić information content (AvgIpc) is 2.33. The zero-order chi connectivity index (χ0) is 14.6. The first-order chi connectivity index (χ1) is 8.79. The highest BCUT2D eigenvalue weighted by molar-refractivity contribution is 8.13. The molecule has 0 saturated carbocycles. The lowest BCUT2D eigenvalue weighted by molar-refractivity contribution is -0.136. The maximum absolute atomic E-state index is 11.5. The van der Waals surface area contributed by atoms with Crippen molar-refractivity contribution in [2.45, 2.75) is 17.7 Å². The van der Waals surface area contributed by atoms with Crippen LogP contribution in [0.5, 0.6) is 11.5 Å². The Labute approximate surface area is 115 Å². The molecule has 1 aromatic carbocycles. The Balaban J connectivity index is 3.36. The largest absolute Gasteiger partial charge is 0.493 e. The summed E-state index contributed by atoms with van der Waals surface area (Å²) in [6, 6.07) is 2.63. The first kappa shape index (κ1) is 15.6. The second-order valence-corrected chi connectivity index (χ2v) is 6.18. The lowest BCUT2D eigenvalue weighted by Crippen LogP contribution is -2.04. The zero-order valence-corrected chi connectivity index (χ0v) is 11.9. The molecule has 8 heteroatoms. The molecule has 19 heavy (non-hydrogen) atoms. The maximum Gasteiger partial charge on any atom is 0.303 e. The van der Waals surface area contributed by atoms with Gasteiger partial charge in [0.2, 0.25) is 0 Å². The highest BCUT2D eigenvalue weighted by atomic mass is 35.7. The van der Waals surface area contributed by atoms with Gasteiger partial charge in [0.25, 0.3) is 9.05 Å². The van der Waals surface area contributed by atoms with E-state index in [0.717, 1.165) is 0 Å². The molecule has 1 aromatic rings. The van der Waals surface area contributed by atoms with Crippen LogP contribution in [-0.4, -0.2) is 33.7 Å². The van der Waals surface area contributed by atoms with Gasteiger partial charge in [-0.3, -0.25) is 4.79 Å². The molecule has 0 amide bonds. The van der Waals surface area contributed by atoms with Crippen molar-refractivity contribution in [1.82, 2.24) is 0 Å². The molecule has 1 N–H and O–H groups in total. The molecule has 106 valence electrons. The van der Waals surface area contributed by atoms with Crippen molar-refractivity contribution < 1.29 is 27.8 Å². The second-order valence-electron chi connectivity index (χ2n) is 3.65. The van der Waals surface area contributed by atoms with Crippen molar-refractivity contribution >= 4 is 25.7 Å². The summed E-state index contributed by atoms with van der Waals surface area (Å²) in [5.41, 5.74) is 0.273. The summed E-state index contributed by atoms with van der Waals surface area (Å²) in [5, 5.41) is 8.66. The Bertz CT molecular complexity index is 581. The van der Waals surface area contributed by atoms with Crippen LogP contribution in [0.25, 0.3) is 0 Å². The van der Waals surface area contributed by atoms with Gasteiger partial charge in [-0.15, -0.1) is 0 Å². The van der Waals surface area contributed by atoms with E-state index in [2.05, 4.69) is 0 Å². The summed E-state index contributed by atoms with van der Waals surface area (Å²) < 4.78 is 33.0. The van der Waals surface area contributed by atoms with Gasteiger partial charge in [-0.2, -0.15) is 0 Å². The molecule has 1 rings (SSSR count). The van der Waals surface area contributed by atoms with Gasteiger partial charge in [-0.05, 0) is 18.1 Å². The third-order valence-electron chi connectivity index (χ3n) is 2.44. The Morgan fingerprint density at radius 1 is 1.26 bits per heavy atom. The average molecular weight is 309 g/mol.